The first kappa shape index (κ1) is 21.8. The Labute approximate surface area is 217 Å². The number of fused-ring (bicyclic) bond motifs is 4. The van der Waals surface area contributed by atoms with Gasteiger partial charge in [-0.05, 0) is 97.2 Å². The normalized spacial score (nSPS) is 11.6. The summed E-state index contributed by atoms with van der Waals surface area (Å²) >= 11 is 0. The molecule has 0 heterocycles. The maximum absolute atomic E-state index is 2.38. The van der Waals surface area contributed by atoms with E-state index in [4.69, 9.17) is 0 Å². The first-order valence-corrected chi connectivity index (χ1v) is 13.0. The van der Waals surface area contributed by atoms with E-state index in [0.29, 0.717) is 0 Å². The third-order valence-corrected chi connectivity index (χ3v) is 8.00. The lowest BCUT2D eigenvalue weighted by Gasteiger charge is -2.20. The molecule has 176 valence electrons. The summed E-state index contributed by atoms with van der Waals surface area (Å²) in [5.41, 5.74) is 9.14. The maximum Gasteiger partial charge on any atom is -0.00200 e. The molecule has 0 aliphatic heterocycles. The summed E-state index contributed by atoms with van der Waals surface area (Å²) in [6.07, 6.45) is 0. The quantitative estimate of drug-likeness (QED) is 0.220. The third-order valence-electron chi connectivity index (χ3n) is 8.00. The SMILES string of the molecule is Cc1ccc2c(-c3ccc(C)c4ccccc34)c3ccccc3c(-c3ccc(C)c4ccccc34)c2c1. The van der Waals surface area contributed by atoms with Crippen molar-refractivity contribution in [2.24, 2.45) is 0 Å². The van der Waals surface area contributed by atoms with E-state index in [-0.39, 0.29) is 0 Å². The van der Waals surface area contributed by atoms with E-state index in [1.165, 1.54) is 82.0 Å². The van der Waals surface area contributed by atoms with Crippen molar-refractivity contribution >= 4 is 43.1 Å². The predicted octanol–water partition coefficient (Wildman–Crippen LogP) is 10.6. The highest BCUT2D eigenvalue weighted by atomic mass is 14.2. The number of benzene rings is 7. The molecule has 0 unspecified atom stereocenters. The van der Waals surface area contributed by atoms with Gasteiger partial charge in [-0.2, -0.15) is 0 Å². The fourth-order valence-corrected chi connectivity index (χ4v) is 6.21. The van der Waals surface area contributed by atoms with Gasteiger partial charge < -0.3 is 0 Å². The Morgan fingerprint density at radius 1 is 0.324 bits per heavy atom. The lowest BCUT2D eigenvalue weighted by atomic mass is 9.82. The smallest absolute Gasteiger partial charge is 0.00200 e. The van der Waals surface area contributed by atoms with Crippen molar-refractivity contribution in [3.8, 4) is 22.3 Å². The lowest BCUT2D eigenvalue weighted by molar-refractivity contribution is 1.50. The van der Waals surface area contributed by atoms with Gasteiger partial charge in [-0.15, -0.1) is 0 Å². The Balaban J connectivity index is 1.71. The molecule has 0 bridgehead atoms. The Kier molecular flexibility index (Phi) is 4.91. The highest BCUT2D eigenvalue weighted by Crippen LogP contribution is 2.47. The van der Waals surface area contributed by atoms with Gasteiger partial charge in [0.15, 0.2) is 0 Å². The summed E-state index contributed by atoms with van der Waals surface area (Å²) in [7, 11) is 0. The highest BCUT2D eigenvalue weighted by molar-refractivity contribution is 6.25. The van der Waals surface area contributed by atoms with Crippen LogP contribution in [0.4, 0.5) is 0 Å². The molecule has 0 fully saturated rings. The van der Waals surface area contributed by atoms with Crippen molar-refractivity contribution in [1.29, 1.82) is 0 Å². The summed E-state index contributed by atoms with van der Waals surface area (Å²) in [4.78, 5) is 0. The van der Waals surface area contributed by atoms with Gasteiger partial charge in [-0.3, -0.25) is 0 Å². The lowest BCUT2D eigenvalue weighted by Crippen LogP contribution is -1.94. The van der Waals surface area contributed by atoms with Crippen LogP contribution in [0, 0.1) is 20.8 Å². The second kappa shape index (κ2) is 8.32. The second-order valence-electron chi connectivity index (χ2n) is 10.3. The van der Waals surface area contributed by atoms with Crippen LogP contribution >= 0.6 is 0 Å². The maximum atomic E-state index is 2.38. The summed E-state index contributed by atoms with van der Waals surface area (Å²) in [6, 6.07) is 42.8. The van der Waals surface area contributed by atoms with E-state index >= 15 is 0 Å². The second-order valence-corrected chi connectivity index (χ2v) is 10.3. The summed E-state index contributed by atoms with van der Waals surface area (Å²) in [6.45, 7) is 6.61. The van der Waals surface area contributed by atoms with Crippen LogP contribution in [-0.4, -0.2) is 0 Å². The summed E-state index contributed by atoms with van der Waals surface area (Å²) in [5, 5.41) is 10.5. The fourth-order valence-electron chi connectivity index (χ4n) is 6.21. The first-order chi connectivity index (χ1) is 18.1. The average molecular weight is 473 g/mol. The average Bonchev–Trinajstić information content (AvgIpc) is 2.93. The van der Waals surface area contributed by atoms with E-state index in [2.05, 4.69) is 136 Å². The molecule has 0 atom stereocenters. The van der Waals surface area contributed by atoms with Crippen LogP contribution < -0.4 is 0 Å². The molecule has 0 nitrogen and oxygen atoms in total. The van der Waals surface area contributed by atoms with Gasteiger partial charge in [0.1, 0.15) is 0 Å². The first-order valence-electron chi connectivity index (χ1n) is 13.0. The standard InChI is InChI=1S/C37H28/c1-23-16-19-34-35(22-23)37(33-21-18-25(3)27-11-5-7-13-29(27)33)31-15-9-8-14-30(31)36(34)32-20-17-24(2)26-10-4-6-12-28(26)32/h4-22H,1-3H3. The molecule has 37 heavy (non-hydrogen) atoms. The largest absolute Gasteiger partial charge is 0.0616 e. The Morgan fingerprint density at radius 3 is 1.24 bits per heavy atom. The summed E-state index contributed by atoms with van der Waals surface area (Å²) in [5.74, 6) is 0. The minimum Gasteiger partial charge on any atom is -0.0616 e. The van der Waals surface area contributed by atoms with Crippen LogP contribution in [0.15, 0.2) is 115 Å². The van der Waals surface area contributed by atoms with E-state index in [1.807, 2.05) is 0 Å². The zero-order valence-electron chi connectivity index (χ0n) is 21.5. The van der Waals surface area contributed by atoms with E-state index in [0.717, 1.165) is 0 Å². The number of rotatable bonds is 2. The molecule has 7 rings (SSSR count). The molecular formula is C37H28. The van der Waals surface area contributed by atoms with Gasteiger partial charge in [0.05, 0.1) is 0 Å². The topological polar surface area (TPSA) is 0 Å². The van der Waals surface area contributed by atoms with Gasteiger partial charge in [0.2, 0.25) is 0 Å². The zero-order valence-corrected chi connectivity index (χ0v) is 21.5. The monoisotopic (exact) mass is 472 g/mol. The minimum absolute atomic E-state index is 1.28. The Bertz CT molecular complexity index is 2010. The third kappa shape index (κ3) is 3.29. The molecule has 0 saturated carbocycles. The van der Waals surface area contributed by atoms with Crippen LogP contribution in [0.3, 0.4) is 0 Å². The van der Waals surface area contributed by atoms with Gasteiger partial charge in [0, 0.05) is 0 Å². The molecule has 0 aromatic heterocycles. The van der Waals surface area contributed by atoms with Crippen LogP contribution in [0.25, 0.3) is 65.3 Å². The molecular weight excluding hydrogens is 444 g/mol. The minimum atomic E-state index is 1.28. The Hall–Kier alpha value is -4.42. The molecule has 0 saturated heterocycles. The summed E-state index contributed by atoms with van der Waals surface area (Å²) < 4.78 is 0. The molecule has 0 spiro atoms. The number of hydrogen-bond donors (Lipinski definition) is 0. The van der Waals surface area contributed by atoms with Gasteiger partial charge in [-0.1, -0.05) is 121 Å². The van der Waals surface area contributed by atoms with Gasteiger partial charge in [-0.25, -0.2) is 0 Å². The van der Waals surface area contributed by atoms with Gasteiger partial charge >= 0.3 is 0 Å². The van der Waals surface area contributed by atoms with Crippen molar-refractivity contribution in [3.05, 3.63) is 132 Å². The molecule has 0 heteroatoms. The predicted molar refractivity (Wildman–Crippen MR) is 162 cm³/mol. The Morgan fingerprint density at radius 2 is 0.730 bits per heavy atom. The van der Waals surface area contributed by atoms with E-state index < -0.39 is 0 Å². The van der Waals surface area contributed by atoms with Crippen molar-refractivity contribution in [2.75, 3.05) is 0 Å². The van der Waals surface area contributed by atoms with E-state index in [9.17, 15) is 0 Å². The fraction of sp³-hybridized carbons (Fsp3) is 0.0811. The molecule has 0 aliphatic rings. The highest BCUT2D eigenvalue weighted by Gasteiger charge is 2.19. The van der Waals surface area contributed by atoms with Crippen molar-refractivity contribution < 1.29 is 0 Å². The van der Waals surface area contributed by atoms with Crippen molar-refractivity contribution in [3.63, 3.8) is 0 Å². The molecule has 0 aliphatic carbocycles. The molecule has 0 radical (unpaired) electrons. The number of hydrogen-bond acceptors (Lipinski definition) is 0. The van der Waals surface area contributed by atoms with Crippen LogP contribution in [0.5, 0.6) is 0 Å². The molecule has 0 amide bonds. The zero-order chi connectivity index (χ0) is 25.1. The molecule has 7 aromatic carbocycles. The van der Waals surface area contributed by atoms with Crippen LogP contribution in [-0.2, 0) is 0 Å². The van der Waals surface area contributed by atoms with E-state index in [1.54, 1.807) is 0 Å². The molecule has 7 aromatic rings. The van der Waals surface area contributed by atoms with Crippen molar-refractivity contribution in [2.45, 2.75) is 20.8 Å². The van der Waals surface area contributed by atoms with Crippen LogP contribution in [0.2, 0.25) is 0 Å². The van der Waals surface area contributed by atoms with Crippen LogP contribution in [0.1, 0.15) is 16.7 Å². The van der Waals surface area contributed by atoms with Gasteiger partial charge in [0.25, 0.3) is 0 Å². The molecule has 0 N–H and O–H groups in total. The number of aryl methyl sites for hydroxylation is 3. The van der Waals surface area contributed by atoms with Crippen molar-refractivity contribution in [1.82, 2.24) is 0 Å².